The Morgan fingerprint density at radius 3 is 2.71 bits per heavy atom. The molecule has 0 atom stereocenters. The highest BCUT2D eigenvalue weighted by Crippen LogP contribution is 2.21. The van der Waals surface area contributed by atoms with Gasteiger partial charge in [0.05, 0.1) is 0 Å². The van der Waals surface area contributed by atoms with Crippen molar-refractivity contribution in [2.24, 2.45) is 0 Å². The van der Waals surface area contributed by atoms with Gasteiger partial charge < -0.3 is 4.90 Å². The molecule has 17 heavy (non-hydrogen) atoms. The van der Waals surface area contributed by atoms with Crippen molar-refractivity contribution in [1.82, 2.24) is 19.4 Å². The van der Waals surface area contributed by atoms with E-state index in [4.69, 9.17) is 11.6 Å². The SMILES string of the molecule is CCN1CCC(N(C)Cc2nnsc2Cl)CC1. The Bertz CT molecular complexity index is 349. The number of aromatic nitrogens is 2. The van der Waals surface area contributed by atoms with Crippen molar-refractivity contribution in [2.75, 3.05) is 26.7 Å². The van der Waals surface area contributed by atoms with E-state index in [2.05, 4.69) is 33.4 Å². The topological polar surface area (TPSA) is 32.3 Å². The highest BCUT2D eigenvalue weighted by molar-refractivity contribution is 7.10. The first-order valence-corrected chi connectivity index (χ1v) is 7.25. The van der Waals surface area contributed by atoms with Gasteiger partial charge in [-0.25, -0.2) is 0 Å². The van der Waals surface area contributed by atoms with Gasteiger partial charge in [-0.2, -0.15) is 0 Å². The van der Waals surface area contributed by atoms with Gasteiger partial charge in [0.1, 0.15) is 10.0 Å². The van der Waals surface area contributed by atoms with Gasteiger partial charge in [-0.15, -0.1) is 5.10 Å². The first-order valence-electron chi connectivity index (χ1n) is 6.10. The summed E-state index contributed by atoms with van der Waals surface area (Å²) in [5.74, 6) is 0. The first kappa shape index (κ1) is 13.2. The Morgan fingerprint density at radius 2 is 2.18 bits per heavy atom. The number of piperidine rings is 1. The van der Waals surface area contributed by atoms with Crippen LogP contribution in [0, 0.1) is 0 Å². The lowest BCUT2D eigenvalue weighted by Crippen LogP contribution is -2.42. The fourth-order valence-electron chi connectivity index (χ4n) is 2.33. The summed E-state index contributed by atoms with van der Waals surface area (Å²) in [7, 11) is 2.15. The van der Waals surface area contributed by atoms with E-state index in [1.807, 2.05) is 0 Å². The second-order valence-corrected chi connectivity index (χ2v) is 5.93. The van der Waals surface area contributed by atoms with Gasteiger partial charge in [-0.1, -0.05) is 23.0 Å². The van der Waals surface area contributed by atoms with Gasteiger partial charge in [0.15, 0.2) is 0 Å². The largest absolute Gasteiger partial charge is 0.303 e. The molecule has 1 saturated heterocycles. The summed E-state index contributed by atoms with van der Waals surface area (Å²) in [6, 6.07) is 0.649. The van der Waals surface area contributed by atoms with Crippen LogP contribution in [-0.4, -0.2) is 52.1 Å². The molecule has 0 amide bonds. The molecule has 0 aromatic carbocycles. The van der Waals surface area contributed by atoms with Crippen molar-refractivity contribution in [3.05, 3.63) is 10.0 Å². The minimum Gasteiger partial charge on any atom is -0.303 e. The molecule has 1 aromatic heterocycles. The number of hydrogen-bond acceptors (Lipinski definition) is 5. The van der Waals surface area contributed by atoms with Gasteiger partial charge in [-0.3, -0.25) is 4.90 Å². The van der Waals surface area contributed by atoms with Gasteiger partial charge >= 0.3 is 0 Å². The lowest BCUT2D eigenvalue weighted by atomic mass is 10.0. The van der Waals surface area contributed by atoms with Crippen LogP contribution in [-0.2, 0) is 6.54 Å². The molecule has 2 heterocycles. The third-order valence-electron chi connectivity index (χ3n) is 3.54. The number of nitrogens with zero attached hydrogens (tertiary/aromatic N) is 4. The molecule has 0 spiro atoms. The van der Waals surface area contributed by atoms with E-state index < -0.39 is 0 Å². The summed E-state index contributed by atoms with van der Waals surface area (Å²) in [5.41, 5.74) is 0.914. The van der Waals surface area contributed by atoms with Gasteiger partial charge in [-0.05, 0) is 39.5 Å². The van der Waals surface area contributed by atoms with E-state index in [9.17, 15) is 0 Å². The quantitative estimate of drug-likeness (QED) is 0.842. The normalized spacial score (nSPS) is 19.1. The van der Waals surface area contributed by atoms with E-state index in [0.717, 1.165) is 23.1 Å². The van der Waals surface area contributed by atoms with Crippen molar-refractivity contribution < 1.29 is 0 Å². The van der Waals surface area contributed by atoms with Crippen LogP contribution >= 0.6 is 23.1 Å². The molecule has 2 rings (SSSR count). The standard InChI is InChI=1S/C11H19ClN4S/c1-3-16-6-4-9(5-7-16)15(2)8-10-11(12)17-14-13-10/h9H,3-8H2,1-2H3. The van der Waals surface area contributed by atoms with E-state index in [0.29, 0.717) is 6.04 Å². The molecule has 1 aliphatic rings. The smallest absolute Gasteiger partial charge is 0.138 e. The minimum atomic E-state index is 0.649. The average Bonchev–Trinajstić information content (AvgIpc) is 2.75. The molecular formula is C11H19ClN4S. The monoisotopic (exact) mass is 274 g/mol. The van der Waals surface area contributed by atoms with Crippen LogP contribution in [0.2, 0.25) is 4.34 Å². The molecule has 0 radical (unpaired) electrons. The Morgan fingerprint density at radius 1 is 1.47 bits per heavy atom. The fourth-order valence-corrected chi connectivity index (χ4v) is 2.94. The maximum Gasteiger partial charge on any atom is 0.138 e. The Kier molecular flexibility index (Phi) is 4.73. The second-order valence-electron chi connectivity index (χ2n) is 4.57. The molecule has 0 N–H and O–H groups in total. The minimum absolute atomic E-state index is 0.649. The Balaban J connectivity index is 1.85. The van der Waals surface area contributed by atoms with E-state index in [1.165, 1.54) is 37.5 Å². The molecular weight excluding hydrogens is 256 g/mol. The number of hydrogen-bond donors (Lipinski definition) is 0. The summed E-state index contributed by atoms with van der Waals surface area (Å²) in [4.78, 5) is 4.86. The van der Waals surface area contributed by atoms with Crippen molar-refractivity contribution in [2.45, 2.75) is 32.4 Å². The molecule has 1 aliphatic heterocycles. The van der Waals surface area contributed by atoms with Crippen LogP contribution in [0.4, 0.5) is 0 Å². The van der Waals surface area contributed by atoms with Crippen molar-refractivity contribution in [1.29, 1.82) is 0 Å². The zero-order valence-electron chi connectivity index (χ0n) is 10.4. The first-order chi connectivity index (χ1) is 8.20. The summed E-state index contributed by atoms with van der Waals surface area (Å²) < 4.78 is 4.59. The fraction of sp³-hybridized carbons (Fsp3) is 0.818. The second kappa shape index (κ2) is 6.09. The zero-order chi connectivity index (χ0) is 12.3. The van der Waals surface area contributed by atoms with Crippen LogP contribution in [0.1, 0.15) is 25.5 Å². The van der Waals surface area contributed by atoms with Crippen LogP contribution in [0.25, 0.3) is 0 Å². The van der Waals surface area contributed by atoms with E-state index >= 15 is 0 Å². The summed E-state index contributed by atoms with van der Waals surface area (Å²) in [6.45, 7) is 6.61. The highest BCUT2D eigenvalue weighted by atomic mass is 35.5. The maximum absolute atomic E-state index is 6.03. The molecule has 4 nitrogen and oxygen atoms in total. The Labute approximate surface area is 112 Å². The third kappa shape index (κ3) is 3.37. The summed E-state index contributed by atoms with van der Waals surface area (Å²) in [5, 5.41) is 4.07. The van der Waals surface area contributed by atoms with Crippen LogP contribution < -0.4 is 0 Å². The number of likely N-dealkylation sites (tertiary alicyclic amines) is 1. The molecule has 0 aliphatic carbocycles. The van der Waals surface area contributed by atoms with Crippen molar-refractivity contribution in [3.8, 4) is 0 Å². The Hall–Kier alpha value is -0.230. The van der Waals surface area contributed by atoms with Crippen molar-refractivity contribution >= 4 is 23.1 Å². The van der Waals surface area contributed by atoms with Crippen LogP contribution in [0.3, 0.4) is 0 Å². The summed E-state index contributed by atoms with van der Waals surface area (Å²) in [6.07, 6.45) is 2.47. The molecule has 0 saturated carbocycles. The average molecular weight is 275 g/mol. The number of halogens is 1. The predicted molar refractivity (Wildman–Crippen MR) is 71.5 cm³/mol. The zero-order valence-corrected chi connectivity index (χ0v) is 12.0. The highest BCUT2D eigenvalue weighted by Gasteiger charge is 2.22. The maximum atomic E-state index is 6.03. The molecule has 0 unspecified atom stereocenters. The van der Waals surface area contributed by atoms with E-state index in [-0.39, 0.29) is 0 Å². The van der Waals surface area contributed by atoms with E-state index in [1.54, 1.807) is 0 Å². The van der Waals surface area contributed by atoms with Gasteiger partial charge in [0, 0.05) is 24.1 Å². The molecule has 0 bridgehead atoms. The lowest BCUT2D eigenvalue weighted by Gasteiger charge is -2.36. The van der Waals surface area contributed by atoms with Gasteiger partial charge in [0.25, 0.3) is 0 Å². The molecule has 1 aromatic rings. The van der Waals surface area contributed by atoms with Crippen LogP contribution in [0.15, 0.2) is 0 Å². The third-order valence-corrected chi connectivity index (χ3v) is 4.52. The summed E-state index contributed by atoms with van der Waals surface area (Å²) >= 11 is 7.29. The predicted octanol–water partition coefficient (Wildman–Crippen LogP) is 2.11. The lowest BCUT2D eigenvalue weighted by molar-refractivity contribution is 0.126. The molecule has 1 fully saturated rings. The number of rotatable bonds is 4. The van der Waals surface area contributed by atoms with Gasteiger partial charge in [0.2, 0.25) is 0 Å². The molecule has 96 valence electrons. The van der Waals surface area contributed by atoms with Crippen molar-refractivity contribution in [3.63, 3.8) is 0 Å². The molecule has 6 heteroatoms. The van der Waals surface area contributed by atoms with Crippen LogP contribution in [0.5, 0.6) is 0 Å².